The molecule has 0 saturated carbocycles. The van der Waals surface area contributed by atoms with Crippen LogP contribution in [0.2, 0.25) is 5.02 Å². The molecule has 0 unspecified atom stereocenters. The van der Waals surface area contributed by atoms with Crippen molar-refractivity contribution in [3.8, 4) is 0 Å². The van der Waals surface area contributed by atoms with Crippen LogP contribution in [0.25, 0.3) is 0 Å². The van der Waals surface area contributed by atoms with Crippen molar-refractivity contribution in [2.45, 2.75) is 12.7 Å². The fourth-order valence-corrected chi connectivity index (χ4v) is 2.87. The first-order chi connectivity index (χ1) is 13.2. The summed E-state index contributed by atoms with van der Waals surface area (Å²) in [6, 6.07) is 14.0. The second-order valence-electron chi connectivity index (χ2n) is 6.01. The molecule has 0 aliphatic rings. The Morgan fingerprint density at radius 1 is 1.04 bits per heavy atom. The van der Waals surface area contributed by atoms with Crippen LogP contribution in [0.3, 0.4) is 0 Å². The van der Waals surface area contributed by atoms with Crippen molar-refractivity contribution in [2.75, 3.05) is 5.32 Å². The van der Waals surface area contributed by atoms with Gasteiger partial charge < -0.3 is 9.88 Å². The summed E-state index contributed by atoms with van der Waals surface area (Å²) in [4.78, 5) is 24.5. The fraction of sp³-hybridized carbons (Fsp3) is 0.100. The predicted octanol–water partition coefficient (Wildman–Crippen LogP) is 4.82. The number of nitrogens with one attached hydrogen (secondary N) is 1. The summed E-state index contributed by atoms with van der Waals surface area (Å²) in [5.74, 6) is -0.753. The highest BCUT2D eigenvalue weighted by molar-refractivity contribution is 6.30. The van der Waals surface area contributed by atoms with Crippen molar-refractivity contribution < 1.29 is 18.0 Å². The van der Waals surface area contributed by atoms with Crippen molar-refractivity contribution in [1.29, 1.82) is 0 Å². The van der Waals surface area contributed by atoms with Crippen LogP contribution in [0.4, 0.5) is 18.9 Å². The van der Waals surface area contributed by atoms with Gasteiger partial charge in [0.15, 0.2) is 0 Å². The van der Waals surface area contributed by atoms with Crippen molar-refractivity contribution in [3.05, 3.63) is 98.9 Å². The van der Waals surface area contributed by atoms with Gasteiger partial charge in [-0.25, -0.2) is 0 Å². The van der Waals surface area contributed by atoms with E-state index in [1.165, 1.54) is 41.1 Å². The van der Waals surface area contributed by atoms with Crippen LogP contribution >= 0.6 is 11.6 Å². The molecule has 4 nitrogen and oxygen atoms in total. The molecule has 0 bridgehead atoms. The number of alkyl halides is 3. The number of nitrogens with zero attached hydrogens (tertiary/aromatic N) is 1. The van der Waals surface area contributed by atoms with E-state index in [0.29, 0.717) is 5.02 Å². The molecular formula is C20H14ClF3N2O2. The lowest BCUT2D eigenvalue weighted by Gasteiger charge is -2.14. The Morgan fingerprint density at radius 3 is 2.50 bits per heavy atom. The minimum Gasteiger partial charge on any atom is -0.321 e. The van der Waals surface area contributed by atoms with Gasteiger partial charge in [-0.1, -0.05) is 35.9 Å². The average molecular weight is 407 g/mol. The molecule has 0 fully saturated rings. The highest BCUT2D eigenvalue weighted by Gasteiger charge is 2.33. The summed E-state index contributed by atoms with van der Waals surface area (Å²) in [6.45, 7) is 0.166. The van der Waals surface area contributed by atoms with Gasteiger partial charge in [0.25, 0.3) is 11.5 Å². The molecule has 2 aromatic carbocycles. The largest absolute Gasteiger partial charge is 0.418 e. The Morgan fingerprint density at radius 2 is 1.79 bits per heavy atom. The fourth-order valence-electron chi connectivity index (χ4n) is 2.66. The molecule has 144 valence electrons. The monoisotopic (exact) mass is 406 g/mol. The van der Waals surface area contributed by atoms with Crippen molar-refractivity contribution >= 4 is 23.2 Å². The number of aromatic nitrogens is 1. The van der Waals surface area contributed by atoms with E-state index in [1.54, 1.807) is 24.3 Å². The molecule has 0 aliphatic heterocycles. The topological polar surface area (TPSA) is 51.1 Å². The van der Waals surface area contributed by atoms with Crippen molar-refractivity contribution in [3.63, 3.8) is 0 Å². The lowest BCUT2D eigenvalue weighted by atomic mass is 10.1. The Bertz CT molecular complexity index is 1080. The minimum atomic E-state index is -4.60. The minimum absolute atomic E-state index is 0.0543. The van der Waals surface area contributed by atoms with Crippen LogP contribution in [-0.4, -0.2) is 10.5 Å². The third-order valence-electron chi connectivity index (χ3n) is 3.97. The number of anilines is 1. The van der Waals surface area contributed by atoms with Crippen LogP contribution in [0.1, 0.15) is 21.5 Å². The van der Waals surface area contributed by atoms with Gasteiger partial charge in [-0.15, -0.1) is 0 Å². The Balaban J connectivity index is 1.87. The maximum absolute atomic E-state index is 13.1. The van der Waals surface area contributed by atoms with Gasteiger partial charge in [0.2, 0.25) is 0 Å². The lowest BCUT2D eigenvalue weighted by molar-refractivity contribution is -0.136. The SMILES string of the molecule is O=C(Nc1ccccc1C(F)(F)F)c1ccc(=O)n(Cc2cccc(Cl)c2)c1. The van der Waals surface area contributed by atoms with E-state index in [1.807, 2.05) is 0 Å². The van der Waals surface area contributed by atoms with E-state index in [-0.39, 0.29) is 23.4 Å². The maximum Gasteiger partial charge on any atom is 0.418 e. The molecule has 1 heterocycles. The molecule has 1 amide bonds. The molecule has 1 aromatic heterocycles. The number of halogens is 4. The number of para-hydroxylation sites is 1. The number of hydrogen-bond donors (Lipinski definition) is 1. The molecule has 0 radical (unpaired) electrons. The van der Waals surface area contributed by atoms with E-state index >= 15 is 0 Å². The maximum atomic E-state index is 13.1. The number of hydrogen-bond acceptors (Lipinski definition) is 2. The summed E-state index contributed by atoms with van der Waals surface area (Å²) in [5.41, 5.74) is -0.858. The van der Waals surface area contributed by atoms with E-state index in [9.17, 15) is 22.8 Å². The van der Waals surface area contributed by atoms with Gasteiger partial charge >= 0.3 is 6.18 Å². The van der Waals surface area contributed by atoms with Crippen LogP contribution in [0, 0.1) is 0 Å². The van der Waals surface area contributed by atoms with Crippen molar-refractivity contribution in [1.82, 2.24) is 4.57 Å². The Hall–Kier alpha value is -3.06. The first-order valence-electron chi connectivity index (χ1n) is 8.16. The molecule has 3 aromatic rings. The van der Waals surface area contributed by atoms with Crippen molar-refractivity contribution in [2.24, 2.45) is 0 Å². The highest BCUT2D eigenvalue weighted by Crippen LogP contribution is 2.34. The summed E-state index contributed by atoms with van der Waals surface area (Å²) in [7, 11) is 0. The summed E-state index contributed by atoms with van der Waals surface area (Å²) < 4.78 is 40.5. The van der Waals surface area contributed by atoms with Crippen LogP contribution in [-0.2, 0) is 12.7 Å². The third-order valence-corrected chi connectivity index (χ3v) is 4.20. The Labute approximate surface area is 163 Å². The molecule has 28 heavy (non-hydrogen) atoms. The quantitative estimate of drug-likeness (QED) is 0.675. The van der Waals surface area contributed by atoms with Gasteiger partial charge in [-0.3, -0.25) is 9.59 Å². The summed E-state index contributed by atoms with van der Waals surface area (Å²) in [6.07, 6.45) is -3.30. The number of carbonyl (C=O) groups is 1. The van der Waals surface area contributed by atoms with Crippen LogP contribution < -0.4 is 10.9 Å². The molecule has 0 spiro atoms. The van der Waals surface area contributed by atoms with Gasteiger partial charge in [-0.2, -0.15) is 13.2 Å². The molecule has 1 N–H and O–H groups in total. The van der Waals surface area contributed by atoms with Gasteiger partial charge in [0.1, 0.15) is 0 Å². The van der Waals surface area contributed by atoms with Crippen LogP contribution in [0.15, 0.2) is 71.7 Å². The molecular weight excluding hydrogens is 393 g/mol. The zero-order valence-electron chi connectivity index (χ0n) is 14.3. The second kappa shape index (κ2) is 7.90. The lowest BCUT2D eigenvalue weighted by Crippen LogP contribution is -2.23. The zero-order chi connectivity index (χ0) is 20.3. The van der Waals surface area contributed by atoms with Gasteiger partial charge in [0, 0.05) is 17.3 Å². The number of rotatable bonds is 4. The molecule has 3 rings (SSSR count). The normalized spacial score (nSPS) is 11.3. The van der Waals surface area contributed by atoms with E-state index in [2.05, 4.69) is 5.32 Å². The first kappa shape index (κ1) is 19.7. The zero-order valence-corrected chi connectivity index (χ0v) is 15.1. The van der Waals surface area contributed by atoms with E-state index in [4.69, 9.17) is 11.6 Å². The number of carbonyl (C=O) groups excluding carboxylic acids is 1. The van der Waals surface area contributed by atoms with Gasteiger partial charge in [-0.05, 0) is 35.9 Å². The number of pyridine rings is 1. The first-order valence-corrected chi connectivity index (χ1v) is 8.54. The molecule has 0 aliphatic carbocycles. The van der Waals surface area contributed by atoms with Crippen LogP contribution in [0.5, 0.6) is 0 Å². The standard InChI is InChI=1S/C20H14ClF3N2O2/c21-15-5-3-4-13(10-15)11-26-12-14(8-9-18(26)27)19(28)25-17-7-2-1-6-16(17)20(22,23)24/h1-10,12H,11H2,(H,25,28). The van der Waals surface area contributed by atoms with E-state index < -0.39 is 17.6 Å². The summed E-state index contributed by atoms with van der Waals surface area (Å²) >= 11 is 5.93. The smallest absolute Gasteiger partial charge is 0.321 e. The number of amides is 1. The highest BCUT2D eigenvalue weighted by atomic mass is 35.5. The van der Waals surface area contributed by atoms with Gasteiger partial charge in [0.05, 0.1) is 23.4 Å². The second-order valence-corrected chi connectivity index (χ2v) is 6.45. The molecule has 8 heteroatoms. The number of benzene rings is 2. The Kier molecular flexibility index (Phi) is 5.56. The third kappa shape index (κ3) is 4.61. The molecule has 0 atom stereocenters. The molecule has 0 saturated heterocycles. The van der Waals surface area contributed by atoms with E-state index in [0.717, 1.165) is 11.6 Å². The summed E-state index contributed by atoms with van der Waals surface area (Å²) in [5, 5.41) is 2.76. The predicted molar refractivity (Wildman–Crippen MR) is 101 cm³/mol. The average Bonchev–Trinajstić information content (AvgIpc) is 2.63.